The van der Waals surface area contributed by atoms with Crippen LogP contribution in [0, 0.1) is 0 Å². The number of nitrogens with zero attached hydrogens (tertiary/aromatic N) is 4. The molecule has 0 saturated carbocycles. The molecule has 1 aromatic heterocycles. The molecule has 1 atom stereocenters. The number of fused-ring (bicyclic) bond motifs is 1. The maximum Gasteiger partial charge on any atom is 0.100 e. The first-order chi connectivity index (χ1) is 9.30. The van der Waals surface area contributed by atoms with Crippen LogP contribution in [0.5, 0.6) is 0 Å². The summed E-state index contributed by atoms with van der Waals surface area (Å²) in [5.41, 5.74) is 2.34. The van der Waals surface area contributed by atoms with Gasteiger partial charge in [-0.05, 0) is 13.8 Å². The lowest BCUT2D eigenvalue weighted by atomic mass is 9.99. The van der Waals surface area contributed by atoms with Crippen molar-refractivity contribution in [1.82, 2.24) is 19.9 Å². The minimum Gasteiger partial charge on any atom is -0.384 e. The minimum atomic E-state index is 0.352. The Morgan fingerprint density at radius 1 is 1.37 bits per heavy atom. The monoisotopic (exact) mass is 268 g/mol. The molecule has 0 amide bonds. The molecule has 19 heavy (non-hydrogen) atoms. The number of rotatable bonds is 7. The molecule has 0 aliphatic carbocycles. The van der Waals surface area contributed by atoms with Crippen LogP contribution in [-0.2, 0) is 22.6 Å². The van der Waals surface area contributed by atoms with E-state index in [4.69, 9.17) is 9.47 Å². The second kappa shape index (κ2) is 6.98. The normalized spacial score (nSPS) is 19.6. The van der Waals surface area contributed by atoms with Crippen molar-refractivity contribution in [3.8, 4) is 0 Å². The van der Waals surface area contributed by atoms with Gasteiger partial charge in [0.15, 0.2) is 0 Å². The van der Waals surface area contributed by atoms with Gasteiger partial charge in [-0.25, -0.2) is 4.68 Å². The lowest BCUT2D eigenvalue weighted by Gasteiger charge is -2.31. The zero-order valence-corrected chi connectivity index (χ0v) is 12.1. The van der Waals surface area contributed by atoms with E-state index < -0.39 is 0 Å². The van der Waals surface area contributed by atoms with Crippen LogP contribution in [0.3, 0.4) is 0 Å². The highest BCUT2D eigenvalue weighted by Crippen LogP contribution is 2.26. The molecule has 0 radical (unpaired) electrons. The Balaban J connectivity index is 2.08. The summed E-state index contributed by atoms with van der Waals surface area (Å²) in [6, 6.07) is 0. The van der Waals surface area contributed by atoms with Gasteiger partial charge in [0.1, 0.15) is 5.69 Å². The average Bonchev–Trinajstić information content (AvgIpc) is 2.82. The van der Waals surface area contributed by atoms with E-state index >= 15 is 0 Å². The molecule has 0 N–H and O–H groups in total. The predicted octanol–water partition coefficient (Wildman–Crippen LogP) is 0.880. The van der Waals surface area contributed by atoms with Gasteiger partial charge in [-0.3, -0.25) is 4.90 Å². The third kappa shape index (κ3) is 3.32. The Morgan fingerprint density at radius 3 is 2.89 bits per heavy atom. The average molecular weight is 268 g/mol. The summed E-state index contributed by atoms with van der Waals surface area (Å²) in [4.78, 5) is 2.37. The van der Waals surface area contributed by atoms with Gasteiger partial charge in [0.2, 0.25) is 0 Å². The van der Waals surface area contributed by atoms with Crippen molar-refractivity contribution in [2.75, 3.05) is 40.0 Å². The third-order valence-corrected chi connectivity index (χ3v) is 3.51. The van der Waals surface area contributed by atoms with Crippen LogP contribution in [0.2, 0.25) is 0 Å². The van der Waals surface area contributed by atoms with Crippen molar-refractivity contribution in [2.45, 2.75) is 32.9 Å². The summed E-state index contributed by atoms with van der Waals surface area (Å²) in [5, 5.41) is 8.55. The number of hydrogen-bond donors (Lipinski definition) is 0. The van der Waals surface area contributed by atoms with E-state index in [1.807, 2.05) is 11.6 Å². The Morgan fingerprint density at radius 2 is 2.21 bits per heavy atom. The topological polar surface area (TPSA) is 52.4 Å². The van der Waals surface area contributed by atoms with Gasteiger partial charge in [-0.15, -0.1) is 5.10 Å². The van der Waals surface area contributed by atoms with Gasteiger partial charge in [0, 0.05) is 45.8 Å². The fourth-order valence-corrected chi connectivity index (χ4v) is 2.66. The van der Waals surface area contributed by atoms with Crippen molar-refractivity contribution < 1.29 is 9.47 Å². The van der Waals surface area contributed by atoms with Crippen molar-refractivity contribution in [3.05, 3.63) is 11.4 Å². The summed E-state index contributed by atoms with van der Waals surface area (Å²) < 4.78 is 12.8. The Hall–Kier alpha value is -0.980. The lowest BCUT2D eigenvalue weighted by Crippen LogP contribution is -2.38. The zero-order valence-electron chi connectivity index (χ0n) is 12.1. The van der Waals surface area contributed by atoms with E-state index in [0.717, 1.165) is 45.1 Å². The smallest absolute Gasteiger partial charge is 0.100 e. The van der Waals surface area contributed by atoms with Crippen LogP contribution in [0.4, 0.5) is 0 Å². The van der Waals surface area contributed by atoms with Crippen molar-refractivity contribution in [2.24, 2.45) is 0 Å². The molecule has 6 nitrogen and oxygen atoms in total. The van der Waals surface area contributed by atoms with Crippen molar-refractivity contribution >= 4 is 0 Å². The molecule has 2 heterocycles. The number of aromatic nitrogens is 3. The molecule has 0 aromatic carbocycles. The van der Waals surface area contributed by atoms with Gasteiger partial charge in [0.05, 0.1) is 18.9 Å². The van der Waals surface area contributed by atoms with E-state index in [1.165, 1.54) is 5.69 Å². The van der Waals surface area contributed by atoms with Crippen LogP contribution in [0.25, 0.3) is 0 Å². The summed E-state index contributed by atoms with van der Waals surface area (Å²) in [7, 11) is 1.75. The predicted molar refractivity (Wildman–Crippen MR) is 72.1 cm³/mol. The summed E-state index contributed by atoms with van der Waals surface area (Å²) >= 11 is 0. The second-order valence-electron chi connectivity index (χ2n) is 4.82. The highest BCUT2D eigenvalue weighted by molar-refractivity contribution is 5.19. The first kappa shape index (κ1) is 14.4. The van der Waals surface area contributed by atoms with Crippen LogP contribution < -0.4 is 0 Å². The molecule has 0 fully saturated rings. The molecule has 1 unspecified atom stereocenters. The fraction of sp³-hybridized carbons (Fsp3) is 0.846. The van der Waals surface area contributed by atoms with Gasteiger partial charge >= 0.3 is 0 Å². The van der Waals surface area contributed by atoms with Crippen LogP contribution in [0.1, 0.15) is 31.2 Å². The van der Waals surface area contributed by atoms with Gasteiger partial charge in [-0.1, -0.05) is 5.21 Å². The Kier molecular flexibility index (Phi) is 5.30. The SMILES string of the molecule is CCOCCN1Cc2nnn(CC)c2C(COC)C1. The molecule has 0 saturated heterocycles. The highest BCUT2D eigenvalue weighted by atomic mass is 16.5. The van der Waals surface area contributed by atoms with E-state index in [2.05, 4.69) is 22.1 Å². The molecule has 0 spiro atoms. The van der Waals surface area contributed by atoms with E-state index in [0.29, 0.717) is 12.5 Å². The molecule has 108 valence electrons. The number of hydrogen-bond acceptors (Lipinski definition) is 5. The number of aryl methyl sites for hydroxylation is 1. The zero-order chi connectivity index (χ0) is 13.7. The van der Waals surface area contributed by atoms with Gasteiger partial charge in [0.25, 0.3) is 0 Å². The largest absolute Gasteiger partial charge is 0.384 e. The van der Waals surface area contributed by atoms with Crippen LogP contribution in [0.15, 0.2) is 0 Å². The van der Waals surface area contributed by atoms with E-state index in [1.54, 1.807) is 7.11 Å². The van der Waals surface area contributed by atoms with Gasteiger partial charge < -0.3 is 9.47 Å². The van der Waals surface area contributed by atoms with E-state index in [9.17, 15) is 0 Å². The maximum absolute atomic E-state index is 5.43. The first-order valence-electron chi connectivity index (χ1n) is 7.01. The fourth-order valence-electron chi connectivity index (χ4n) is 2.66. The Labute approximate surface area is 114 Å². The maximum atomic E-state index is 5.43. The quantitative estimate of drug-likeness (QED) is 0.687. The number of methoxy groups -OCH3 is 1. The highest BCUT2D eigenvalue weighted by Gasteiger charge is 2.30. The van der Waals surface area contributed by atoms with Crippen molar-refractivity contribution in [3.63, 3.8) is 0 Å². The molecular weight excluding hydrogens is 244 g/mol. The summed E-state index contributed by atoms with van der Waals surface area (Å²) in [6.07, 6.45) is 0. The standard InChI is InChI=1S/C13H24N4O2/c1-4-17-13-11(10-18-3)8-16(6-7-19-5-2)9-12(13)14-15-17/h11H,4-10H2,1-3H3. The molecule has 6 heteroatoms. The van der Waals surface area contributed by atoms with E-state index in [-0.39, 0.29) is 0 Å². The summed E-state index contributed by atoms with van der Waals surface area (Å²) in [5.74, 6) is 0.352. The minimum absolute atomic E-state index is 0.352. The van der Waals surface area contributed by atoms with Crippen LogP contribution >= 0.6 is 0 Å². The Bertz CT molecular complexity index is 394. The van der Waals surface area contributed by atoms with Crippen molar-refractivity contribution in [1.29, 1.82) is 0 Å². The second-order valence-corrected chi connectivity index (χ2v) is 4.82. The first-order valence-corrected chi connectivity index (χ1v) is 7.01. The summed E-state index contributed by atoms with van der Waals surface area (Å²) in [6.45, 7) is 10.0. The van der Waals surface area contributed by atoms with Gasteiger partial charge in [-0.2, -0.15) is 0 Å². The molecule has 1 aliphatic rings. The number of ether oxygens (including phenoxy) is 2. The molecule has 0 bridgehead atoms. The molecular formula is C13H24N4O2. The molecule has 2 rings (SSSR count). The van der Waals surface area contributed by atoms with Crippen LogP contribution in [-0.4, -0.2) is 59.9 Å². The molecule has 1 aromatic rings. The lowest BCUT2D eigenvalue weighted by molar-refractivity contribution is 0.0890. The third-order valence-electron chi connectivity index (χ3n) is 3.51. The molecule has 1 aliphatic heterocycles.